The van der Waals surface area contributed by atoms with Crippen molar-refractivity contribution >= 4 is 23.1 Å². The van der Waals surface area contributed by atoms with Crippen LogP contribution in [0.2, 0.25) is 5.15 Å². The largest absolute Gasteiger partial charge is 0.386 e. The van der Waals surface area contributed by atoms with Crippen LogP contribution in [0.3, 0.4) is 0 Å². The van der Waals surface area contributed by atoms with Gasteiger partial charge in [0.15, 0.2) is 7.05 Å². The highest BCUT2D eigenvalue weighted by atomic mass is 35.5. The Morgan fingerprint density at radius 3 is 2.95 bits per heavy atom. The summed E-state index contributed by atoms with van der Waals surface area (Å²) in [5, 5.41) is 3.67. The maximum Gasteiger partial charge on any atom is 0.326 e. The van der Waals surface area contributed by atoms with Gasteiger partial charge in [0.2, 0.25) is 0 Å². The van der Waals surface area contributed by atoms with Crippen LogP contribution in [0.1, 0.15) is 0 Å². The number of aromatic nitrogens is 2. The first-order valence-corrected chi connectivity index (χ1v) is 6.99. The van der Waals surface area contributed by atoms with Crippen LogP contribution in [0.25, 0.3) is 0 Å². The van der Waals surface area contributed by atoms with Gasteiger partial charge >= 0.3 is 10.7 Å². The third-order valence-electron chi connectivity index (χ3n) is 3.39. The first kappa shape index (κ1) is 15.5. The molecule has 3 N–H and O–H groups in total. The molecule has 0 bridgehead atoms. The molecule has 0 aromatic carbocycles. The molecule has 8 heteroatoms. The van der Waals surface area contributed by atoms with Gasteiger partial charge in [-0.25, -0.2) is 4.99 Å². The molecule has 1 saturated heterocycles. The number of hydrogen-bond acceptors (Lipinski definition) is 4. The molecule has 0 saturated carbocycles. The standard InChI is InChI=1S/C13H19ClN6O/c1-18-5-4-16-9(8-18)6-12(15)17-10-7-11(14)19(2)20(3)13(10)21/h6-7H,4-5,8H2,1-3H3,(H2,15,16)/p+1. The Hall–Kier alpha value is -1.86. The van der Waals surface area contributed by atoms with Crippen LogP contribution in [0.15, 0.2) is 27.6 Å². The molecule has 21 heavy (non-hydrogen) atoms. The van der Waals surface area contributed by atoms with Gasteiger partial charge in [-0.1, -0.05) is 4.68 Å². The zero-order valence-electron chi connectivity index (χ0n) is 12.4. The van der Waals surface area contributed by atoms with Crippen LogP contribution < -0.4 is 21.3 Å². The number of amidine groups is 1. The fourth-order valence-corrected chi connectivity index (χ4v) is 2.29. The molecule has 1 aliphatic rings. The van der Waals surface area contributed by atoms with E-state index in [-0.39, 0.29) is 17.1 Å². The van der Waals surface area contributed by atoms with Gasteiger partial charge in [0.25, 0.3) is 0 Å². The number of nitrogens with one attached hydrogen (secondary N) is 1. The molecule has 0 radical (unpaired) electrons. The first-order valence-electron chi connectivity index (χ1n) is 6.61. The van der Waals surface area contributed by atoms with Gasteiger partial charge in [0.1, 0.15) is 11.5 Å². The predicted octanol–water partition coefficient (Wildman–Crippen LogP) is -0.729. The highest BCUT2D eigenvalue weighted by Gasteiger charge is 2.14. The minimum Gasteiger partial charge on any atom is -0.386 e. The van der Waals surface area contributed by atoms with Crippen LogP contribution in [-0.4, -0.2) is 42.1 Å². The topological polar surface area (TPSA) is 79.5 Å². The molecule has 2 heterocycles. The van der Waals surface area contributed by atoms with E-state index >= 15 is 0 Å². The predicted molar refractivity (Wildman–Crippen MR) is 82.7 cm³/mol. The maximum atomic E-state index is 12.1. The van der Waals surface area contributed by atoms with E-state index in [1.807, 2.05) is 7.05 Å². The number of halogens is 1. The Balaban J connectivity index is 2.31. The lowest BCUT2D eigenvalue weighted by atomic mass is 10.3. The maximum absolute atomic E-state index is 12.1. The fourth-order valence-electron chi connectivity index (χ4n) is 2.07. The van der Waals surface area contributed by atoms with Crippen LogP contribution in [0, 0.1) is 0 Å². The number of hydrogen-bond donors (Lipinski definition) is 2. The molecule has 1 aromatic rings. The lowest BCUT2D eigenvalue weighted by molar-refractivity contribution is -0.754. The number of rotatable bonds is 2. The summed E-state index contributed by atoms with van der Waals surface area (Å²) in [4.78, 5) is 18.4. The molecule has 114 valence electrons. The lowest BCUT2D eigenvalue weighted by Gasteiger charge is -2.25. The number of nitrogens with zero attached hydrogens (tertiary/aromatic N) is 4. The van der Waals surface area contributed by atoms with Gasteiger partial charge in [-0.2, -0.15) is 0 Å². The van der Waals surface area contributed by atoms with Gasteiger partial charge in [-0.3, -0.25) is 9.69 Å². The van der Waals surface area contributed by atoms with Crippen LogP contribution in [0.4, 0.5) is 5.69 Å². The summed E-state index contributed by atoms with van der Waals surface area (Å²) < 4.78 is 2.92. The molecule has 1 aliphatic heterocycles. The molecule has 2 rings (SSSR count). The van der Waals surface area contributed by atoms with Crippen molar-refractivity contribution in [3.63, 3.8) is 0 Å². The molecule has 0 amide bonds. The number of likely N-dealkylation sites (N-methyl/N-ethyl adjacent to an activating group) is 1. The minimum absolute atomic E-state index is 0.221. The number of aliphatic imine (C=N–C) groups is 1. The zero-order valence-corrected chi connectivity index (χ0v) is 13.2. The molecular weight excluding hydrogens is 292 g/mol. The van der Waals surface area contributed by atoms with Crippen molar-refractivity contribution in [1.29, 1.82) is 0 Å². The molecule has 0 unspecified atom stereocenters. The van der Waals surface area contributed by atoms with Crippen molar-refractivity contribution in [2.75, 3.05) is 26.7 Å². The summed E-state index contributed by atoms with van der Waals surface area (Å²) in [6, 6.07) is 1.51. The van der Waals surface area contributed by atoms with Crippen LogP contribution >= 0.6 is 11.6 Å². The van der Waals surface area contributed by atoms with E-state index in [0.29, 0.717) is 5.15 Å². The third-order valence-corrected chi connectivity index (χ3v) is 3.74. The highest BCUT2D eigenvalue weighted by molar-refractivity contribution is 6.28. The molecule has 7 nitrogen and oxygen atoms in total. The Kier molecular flexibility index (Phi) is 4.64. The van der Waals surface area contributed by atoms with E-state index in [2.05, 4.69) is 15.2 Å². The van der Waals surface area contributed by atoms with Crippen molar-refractivity contribution in [2.24, 2.45) is 24.8 Å². The van der Waals surface area contributed by atoms with Crippen LogP contribution in [-0.2, 0) is 14.1 Å². The van der Waals surface area contributed by atoms with Gasteiger partial charge in [0, 0.05) is 31.4 Å². The zero-order chi connectivity index (χ0) is 15.6. The van der Waals surface area contributed by atoms with Crippen LogP contribution in [0.5, 0.6) is 0 Å². The van der Waals surface area contributed by atoms with Crippen molar-refractivity contribution < 1.29 is 4.68 Å². The van der Waals surface area contributed by atoms with Crippen molar-refractivity contribution in [3.05, 3.63) is 33.3 Å². The normalized spacial score (nSPS) is 18.9. The third kappa shape index (κ3) is 3.62. The second kappa shape index (κ2) is 6.28. The SMILES string of the molecule is CN1CCNC(=CC(N)=Nc2cc(Cl)[n+](C)n(C)c2=O)C1. The highest BCUT2D eigenvalue weighted by Crippen LogP contribution is 2.09. The van der Waals surface area contributed by atoms with Gasteiger partial charge in [-0.15, -0.1) is 4.68 Å². The molecule has 1 aromatic heterocycles. The van der Waals surface area contributed by atoms with Crippen molar-refractivity contribution in [3.8, 4) is 0 Å². The Morgan fingerprint density at radius 2 is 2.29 bits per heavy atom. The summed E-state index contributed by atoms with van der Waals surface area (Å²) in [7, 11) is 5.36. The summed E-state index contributed by atoms with van der Waals surface area (Å²) in [6.45, 7) is 2.63. The van der Waals surface area contributed by atoms with Gasteiger partial charge in [-0.05, 0) is 18.6 Å². The Labute approximate surface area is 128 Å². The van der Waals surface area contributed by atoms with Gasteiger partial charge in [0.05, 0.1) is 13.1 Å². The average Bonchev–Trinajstić information content (AvgIpc) is 2.42. The smallest absolute Gasteiger partial charge is 0.326 e. The molecular formula is C13H20ClN6O+. The first-order chi connectivity index (χ1) is 9.88. The van der Waals surface area contributed by atoms with Crippen molar-refractivity contribution in [1.82, 2.24) is 14.9 Å². The summed E-state index contributed by atoms with van der Waals surface area (Å²) in [6.07, 6.45) is 1.75. The Bertz CT molecular complexity index is 663. The second-order valence-electron chi connectivity index (χ2n) is 5.08. The molecule has 0 spiro atoms. The number of nitrogens with two attached hydrogens (primary N) is 1. The quantitative estimate of drug-likeness (QED) is 0.429. The fraction of sp³-hybridized carbons (Fsp3) is 0.462. The van der Waals surface area contributed by atoms with E-state index in [4.69, 9.17) is 17.3 Å². The number of piperazine rings is 1. The van der Waals surface area contributed by atoms with E-state index in [9.17, 15) is 4.79 Å². The van der Waals surface area contributed by atoms with E-state index in [1.165, 1.54) is 15.4 Å². The Morgan fingerprint density at radius 1 is 1.57 bits per heavy atom. The van der Waals surface area contributed by atoms with E-state index in [1.54, 1.807) is 20.2 Å². The monoisotopic (exact) mass is 311 g/mol. The van der Waals surface area contributed by atoms with Crippen molar-refractivity contribution in [2.45, 2.75) is 0 Å². The minimum atomic E-state index is -0.253. The lowest BCUT2D eigenvalue weighted by Crippen LogP contribution is -2.48. The summed E-state index contributed by atoms with van der Waals surface area (Å²) in [5.41, 5.74) is 6.86. The van der Waals surface area contributed by atoms with E-state index in [0.717, 1.165) is 25.3 Å². The molecule has 1 fully saturated rings. The second-order valence-corrected chi connectivity index (χ2v) is 5.46. The van der Waals surface area contributed by atoms with E-state index < -0.39 is 0 Å². The summed E-state index contributed by atoms with van der Waals surface area (Å²) in [5.74, 6) is 0.273. The van der Waals surface area contributed by atoms with Gasteiger partial charge < -0.3 is 11.1 Å². The summed E-state index contributed by atoms with van der Waals surface area (Å²) >= 11 is 6.04. The molecule has 0 atom stereocenters. The average molecular weight is 312 g/mol. The molecule has 0 aliphatic carbocycles.